The van der Waals surface area contributed by atoms with Crippen LogP contribution in [0, 0.1) is 5.41 Å². The molecule has 2 rings (SSSR count). The van der Waals surface area contributed by atoms with Crippen LogP contribution in [0.1, 0.15) is 27.7 Å². The quantitative estimate of drug-likeness (QED) is 0.0484. The Morgan fingerprint density at radius 3 is 1.86 bits per heavy atom. The number of esters is 4. The number of hydrogen-bond acceptors (Lipinski definition) is 15. The molecule has 0 saturated carbocycles. The van der Waals surface area contributed by atoms with Crippen LogP contribution in [0.5, 0.6) is 0 Å². The Hall–Kier alpha value is -3.28. The molecule has 0 aromatic rings. The molecule has 1 N–H and O–H groups in total. The third-order valence-electron chi connectivity index (χ3n) is 5.53. The summed E-state index contributed by atoms with van der Waals surface area (Å²) in [5.41, 5.74) is 18.2. The number of carbonyl (C=O) groups is 4. The summed E-state index contributed by atoms with van der Waals surface area (Å²) in [7, 11) is 0. The van der Waals surface area contributed by atoms with E-state index in [0.29, 0.717) is 0 Å². The van der Waals surface area contributed by atoms with Crippen molar-refractivity contribution >= 4 is 64.6 Å². The average molecular weight is 675 g/mol. The molecule has 0 spiro atoms. The molecule has 0 bridgehead atoms. The Kier molecular flexibility index (Phi) is 13.3. The molecule has 0 aromatic heterocycles. The van der Waals surface area contributed by atoms with Gasteiger partial charge in [-0.2, -0.15) is 0 Å². The highest BCUT2D eigenvalue weighted by atomic mass is 35.6. The summed E-state index contributed by atoms with van der Waals surface area (Å²) in [4.78, 5) is 52.9. The van der Waals surface area contributed by atoms with Gasteiger partial charge in [0.05, 0.1) is 6.54 Å². The van der Waals surface area contributed by atoms with Crippen LogP contribution in [0.4, 0.5) is 0 Å². The summed E-state index contributed by atoms with van der Waals surface area (Å²) in [6.07, 6.45) is -12.0. The normalized spacial score (nSPS) is 30.1. The van der Waals surface area contributed by atoms with Crippen LogP contribution in [-0.4, -0.2) is 102 Å². The Morgan fingerprint density at radius 2 is 1.35 bits per heavy atom. The molecule has 19 nitrogen and oxygen atoms in total. The first-order chi connectivity index (χ1) is 20.1. The van der Waals surface area contributed by atoms with E-state index in [1.165, 1.54) is 0 Å². The van der Waals surface area contributed by atoms with Crippen LogP contribution < -0.4 is 0 Å². The maximum atomic E-state index is 12.0. The second kappa shape index (κ2) is 16.0. The van der Waals surface area contributed by atoms with Gasteiger partial charge in [0.25, 0.3) is 3.79 Å². The van der Waals surface area contributed by atoms with E-state index in [1.807, 2.05) is 0 Å². The minimum Gasteiger partial charge on any atom is -0.463 e. The molecule has 1 unspecified atom stereocenters. The minimum absolute atomic E-state index is 0.480. The van der Waals surface area contributed by atoms with Crippen LogP contribution >= 0.6 is 34.8 Å². The summed E-state index contributed by atoms with van der Waals surface area (Å²) < 4.78 is 41.5. The van der Waals surface area contributed by atoms with Crippen molar-refractivity contribution in [2.75, 3.05) is 13.2 Å². The number of azide groups is 2. The molecule has 9 atom stereocenters. The molecular weight excluding hydrogens is 649 g/mol. The number of rotatable bonds is 11. The molecule has 0 aromatic carbocycles. The molecule has 2 aliphatic heterocycles. The van der Waals surface area contributed by atoms with Gasteiger partial charge in [-0.25, -0.2) is 0 Å². The fraction of sp³-hybridized carbons (Fsp3) is 0.762. The van der Waals surface area contributed by atoms with Crippen LogP contribution in [0.2, 0.25) is 0 Å². The maximum Gasteiger partial charge on any atom is 0.303 e. The van der Waals surface area contributed by atoms with Crippen molar-refractivity contribution in [2.45, 2.75) is 86.7 Å². The molecule has 238 valence electrons. The molecular formula is C21H26Cl3N7O12. The highest BCUT2D eigenvalue weighted by Gasteiger charge is 2.56. The summed E-state index contributed by atoms with van der Waals surface area (Å²) >= 11 is 17.1. The van der Waals surface area contributed by atoms with Gasteiger partial charge in [-0.3, -0.25) is 24.6 Å². The summed E-state index contributed by atoms with van der Waals surface area (Å²) in [5.74, 6) is -4.26. The van der Waals surface area contributed by atoms with Crippen LogP contribution in [0.15, 0.2) is 10.2 Å². The van der Waals surface area contributed by atoms with E-state index in [0.717, 1.165) is 27.7 Å². The monoisotopic (exact) mass is 673 g/mol. The maximum absolute atomic E-state index is 12.0. The lowest BCUT2D eigenvalue weighted by atomic mass is 9.96. The van der Waals surface area contributed by atoms with Crippen LogP contribution in [-0.2, 0) is 57.1 Å². The van der Waals surface area contributed by atoms with E-state index in [9.17, 15) is 24.7 Å². The zero-order valence-corrected chi connectivity index (χ0v) is 25.1. The first kappa shape index (κ1) is 35.9. The van der Waals surface area contributed by atoms with Crippen molar-refractivity contribution in [3.05, 3.63) is 20.9 Å². The van der Waals surface area contributed by atoms with Crippen molar-refractivity contribution in [1.82, 2.24) is 0 Å². The molecule has 0 radical (unpaired) electrons. The largest absolute Gasteiger partial charge is 0.463 e. The third-order valence-corrected chi connectivity index (χ3v) is 6.05. The van der Waals surface area contributed by atoms with Crippen molar-refractivity contribution in [3.8, 4) is 0 Å². The van der Waals surface area contributed by atoms with Gasteiger partial charge in [0.1, 0.15) is 31.0 Å². The van der Waals surface area contributed by atoms with Gasteiger partial charge in [0, 0.05) is 37.5 Å². The van der Waals surface area contributed by atoms with Crippen molar-refractivity contribution in [2.24, 2.45) is 10.2 Å². The van der Waals surface area contributed by atoms with Gasteiger partial charge < -0.3 is 37.9 Å². The number of halogens is 3. The standard InChI is InChI=1S/C21H26Cl3N7O12/c1-7(32)36-6-12-15(17(39-10(4)35)19(41-12)43-20(25)21(22,23)24)42-18-13(29-31-27)16(38-9(3)34)14(37-8(2)33)11(40-18)5-28-30-26/h11-19,25H,5-6H2,1-4H3/t11-,12+,13+,14+,15+,16+,17+,18+,19?/m0/s1. The fourth-order valence-electron chi connectivity index (χ4n) is 4.05. The second-order valence-corrected chi connectivity index (χ2v) is 11.0. The number of nitrogens with zero attached hydrogens (tertiary/aromatic N) is 6. The molecule has 2 aliphatic rings. The number of hydrogen-bond donors (Lipinski definition) is 1. The lowest BCUT2D eigenvalue weighted by Gasteiger charge is -2.44. The van der Waals surface area contributed by atoms with Gasteiger partial charge in [0.15, 0.2) is 24.6 Å². The lowest BCUT2D eigenvalue weighted by Crippen LogP contribution is -2.62. The lowest BCUT2D eigenvalue weighted by molar-refractivity contribution is -0.285. The third kappa shape index (κ3) is 10.4. The SMILES string of the molecule is CC(=O)OC[C@H]1OC(OC(=N)C(Cl)(Cl)Cl)[C@H](OC(C)=O)[C@@H]1O[C@H]1O[C@@H](CN=[N+]=[N-])[C@@H](OC(C)=O)[C@H](OC(C)=O)[C@H]1N=[N+]=[N-]. The number of alkyl halides is 3. The molecule has 0 aliphatic carbocycles. The number of carbonyl (C=O) groups excluding carboxylic acids is 4. The Morgan fingerprint density at radius 1 is 0.791 bits per heavy atom. The zero-order valence-electron chi connectivity index (χ0n) is 22.8. The van der Waals surface area contributed by atoms with E-state index in [2.05, 4.69) is 20.1 Å². The van der Waals surface area contributed by atoms with Gasteiger partial charge in [-0.05, 0) is 11.1 Å². The van der Waals surface area contributed by atoms with Gasteiger partial charge >= 0.3 is 23.9 Å². The van der Waals surface area contributed by atoms with Crippen LogP contribution in [0.25, 0.3) is 20.9 Å². The molecule has 2 heterocycles. The summed E-state index contributed by atoms with van der Waals surface area (Å²) in [5, 5.41) is 14.9. The molecule has 43 heavy (non-hydrogen) atoms. The molecule has 2 saturated heterocycles. The van der Waals surface area contributed by atoms with Crippen LogP contribution in [0.3, 0.4) is 0 Å². The van der Waals surface area contributed by atoms with Crippen molar-refractivity contribution in [1.29, 1.82) is 5.41 Å². The van der Waals surface area contributed by atoms with Crippen molar-refractivity contribution in [3.63, 3.8) is 0 Å². The van der Waals surface area contributed by atoms with E-state index in [-0.39, 0.29) is 0 Å². The number of ether oxygens (including phenoxy) is 8. The Labute approximate surface area is 257 Å². The minimum atomic E-state index is -2.36. The highest BCUT2D eigenvalue weighted by Crippen LogP contribution is 2.36. The fourth-order valence-corrected chi connectivity index (χ4v) is 4.18. The molecule has 2 fully saturated rings. The van der Waals surface area contributed by atoms with Crippen molar-refractivity contribution < 1.29 is 57.1 Å². The van der Waals surface area contributed by atoms with E-state index in [4.69, 9.17) is 83.6 Å². The first-order valence-electron chi connectivity index (χ1n) is 12.1. The number of nitrogens with one attached hydrogen (secondary N) is 1. The average Bonchev–Trinajstić information content (AvgIpc) is 3.18. The highest BCUT2D eigenvalue weighted by molar-refractivity contribution is 6.76. The van der Waals surface area contributed by atoms with E-state index >= 15 is 0 Å². The second-order valence-electron chi connectivity index (χ2n) is 8.76. The topological polar surface area (TPSA) is 263 Å². The summed E-state index contributed by atoms with van der Waals surface area (Å²) in [6, 6.07) is -1.58. The van der Waals surface area contributed by atoms with Gasteiger partial charge in [-0.15, -0.1) is 0 Å². The van der Waals surface area contributed by atoms with Gasteiger partial charge in [0.2, 0.25) is 12.2 Å². The predicted octanol–water partition coefficient (Wildman–Crippen LogP) is 2.53. The first-order valence-corrected chi connectivity index (χ1v) is 13.2. The molecule has 22 heteroatoms. The molecule has 0 amide bonds. The zero-order chi connectivity index (χ0) is 32.5. The smallest absolute Gasteiger partial charge is 0.303 e. The van der Waals surface area contributed by atoms with E-state index < -0.39 is 102 Å². The summed E-state index contributed by atoms with van der Waals surface area (Å²) in [6.45, 7) is 3.21. The van der Waals surface area contributed by atoms with E-state index in [1.54, 1.807) is 0 Å². The predicted molar refractivity (Wildman–Crippen MR) is 142 cm³/mol. The van der Waals surface area contributed by atoms with Gasteiger partial charge in [-0.1, -0.05) is 45.0 Å². The Bertz CT molecular complexity index is 1180. The Balaban J connectivity index is 2.59.